The van der Waals surface area contributed by atoms with Gasteiger partial charge in [-0.2, -0.15) is 0 Å². The van der Waals surface area contributed by atoms with Crippen LogP contribution in [0.15, 0.2) is 24.3 Å². The zero-order valence-electron chi connectivity index (χ0n) is 9.82. The van der Waals surface area contributed by atoms with Gasteiger partial charge in [-0.1, -0.05) is 12.1 Å². The van der Waals surface area contributed by atoms with E-state index < -0.39 is 0 Å². The van der Waals surface area contributed by atoms with Gasteiger partial charge in [0, 0.05) is 6.08 Å². The lowest BCUT2D eigenvalue weighted by Gasteiger charge is -2.06. The maximum atomic E-state index is 11.1. The molecule has 0 atom stereocenters. The van der Waals surface area contributed by atoms with E-state index in [-0.39, 0.29) is 5.97 Å². The fourth-order valence-electron chi connectivity index (χ4n) is 1.38. The molecular weight excluding hydrogens is 204 g/mol. The van der Waals surface area contributed by atoms with Gasteiger partial charge in [-0.15, -0.1) is 0 Å². The van der Waals surface area contributed by atoms with E-state index in [9.17, 15) is 4.79 Å². The normalized spacial score (nSPS) is 10.4. The Balaban J connectivity index is 2.85. The van der Waals surface area contributed by atoms with Gasteiger partial charge < -0.3 is 9.47 Å². The standard InChI is InChI=1S/C13H16O3/c1-4-16-13(14)9-8-11-6-5-7-12(15-3)10(11)2/h5-9H,4H2,1-3H3/b9-8+. The fourth-order valence-corrected chi connectivity index (χ4v) is 1.38. The Bertz CT molecular complexity index is 394. The lowest BCUT2D eigenvalue weighted by Crippen LogP contribution is -1.98. The molecule has 0 aliphatic carbocycles. The van der Waals surface area contributed by atoms with Crippen LogP contribution in [0.25, 0.3) is 6.08 Å². The van der Waals surface area contributed by atoms with E-state index in [1.165, 1.54) is 6.08 Å². The lowest BCUT2D eigenvalue weighted by atomic mass is 10.1. The van der Waals surface area contributed by atoms with Gasteiger partial charge in [-0.05, 0) is 37.1 Å². The highest BCUT2D eigenvalue weighted by molar-refractivity contribution is 5.87. The summed E-state index contributed by atoms with van der Waals surface area (Å²) in [6, 6.07) is 5.70. The van der Waals surface area contributed by atoms with E-state index in [0.29, 0.717) is 6.61 Å². The van der Waals surface area contributed by atoms with Crippen LogP contribution in [-0.4, -0.2) is 19.7 Å². The molecule has 0 aliphatic rings. The van der Waals surface area contributed by atoms with E-state index >= 15 is 0 Å². The minimum atomic E-state index is -0.329. The number of hydrogen-bond acceptors (Lipinski definition) is 3. The van der Waals surface area contributed by atoms with Gasteiger partial charge in [0.15, 0.2) is 0 Å². The molecule has 0 spiro atoms. The van der Waals surface area contributed by atoms with Crippen molar-refractivity contribution in [1.82, 2.24) is 0 Å². The smallest absolute Gasteiger partial charge is 0.330 e. The highest BCUT2D eigenvalue weighted by atomic mass is 16.5. The molecule has 0 heterocycles. The minimum absolute atomic E-state index is 0.329. The van der Waals surface area contributed by atoms with Crippen LogP contribution in [0, 0.1) is 6.92 Å². The first-order chi connectivity index (χ1) is 7.69. The quantitative estimate of drug-likeness (QED) is 0.578. The van der Waals surface area contributed by atoms with Crippen molar-refractivity contribution in [3.8, 4) is 5.75 Å². The summed E-state index contributed by atoms with van der Waals surface area (Å²) in [6.07, 6.45) is 3.15. The Morgan fingerprint density at radius 3 is 2.81 bits per heavy atom. The van der Waals surface area contributed by atoms with Crippen molar-refractivity contribution in [1.29, 1.82) is 0 Å². The highest BCUT2D eigenvalue weighted by Gasteiger charge is 2.01. The molecule has 86 valence electrons. The number of benzene rings is 1. The second-order valence-corrected chi connectivity index (χ2v) is 3.26. The van der Waals surface area contributed by atoms with Crippen LogP contribution in [0.1, 0.15) is 18.1 Å². The number of methoxy groups -OCH3 is 1. The van der Waals surface area contributed by atoms with Gasteiger partial charge in [0.1, 0.15) is 5.75 Å². The first-order valence-electron chi connectivity index (χ1n) is 5.17. The lowest BCUT2D eigenvalue weighted by molar-refractivity contribution is -0.137. The summed E-state index contributed by atoms with van der Waals surface area (Å²) >= 11 is 0. The monoisotopic (exact) mass is 220 g/mol. The maximum absolute atomic E-state index is 11.1. The molecule has 0 fully saturated rings. The van der Waals surface area contributed by atoms with Gasteiger partial charge in [0.2, 0.25) is 0 Å². The van der Waals surface area contributed by atoms with Crippen LogP contribution in [0.5, 0.6) is 5.75 Å². The molecule has 3 nitrogen and oxygen atoms in total. The van der Waals surface area contributed by atoms with Gasteiger partial charge in [-0.25, -0.2) is 4.79 Å². The summed E-state index contributed by atoms with van der Waals surface area (Å²) in [5.74, 6) is 0.482. The summed E-state index contributed by atoms with van der Waals surface area (Å²) in [5.41, 5.74) is 1.96. The van der Waals surface area contributed by atoms with Crippen LogP contribution in [-0.2, 0) is 9.53 Å². The van der Waals surface area contributed by atoms with Crippen molar-refractivity contribution in [2.75, 3.05) is 13.7 Å². The molecule has 0 amide bonds. The molecule has 0 N–H and O–H groups in total. The number of esters is 1. The molecular formula is C13H16O3. The summed E-state index contributed by atoms with van der Waals surface area (Å²) in [6.45, 7) is 4.12. The molecule has 16 heavy (non-hydrogen) atoms. The summed E-state index contributed by atoms with van der Waals surface area (Å²) in [7, 11) is 1.63. The first kappa shape index (κ1) is 12.3. The molecule has 0 radical (unpaired) electrons. The number of ether oxygens (including phenoxy) is 2. The second kappa shape index (κ2) is 5.95. The molecule has 1 aromatic rings. The topological polar surface area (TPSA) is 35.5 Å². The average molecular weight is 220 g/mol. The van der Waals surface area contributed by atoms with E-state index in [4.69, 9.17) is 9.47 Å². The van der Waals surface area contributed by atoms with Crippen LogP contribution in [0.3, 0.4) is 0 Å². The molecule has 0 saturated heterocycles. The highest BCUT2D eigenvalue weighted by Crippen LogP contribution is 2.21. The Hall–Kier alpha value is -1.77. The molecule has 1 rings (SSSR count). The van der Waals surface area contributed by atoms with Crippen LogP contribution in [0.4, 0.5) is 0 Å². The van der Waals surface area contributed by atoms with Crippen molar-refractivity contribution in [3.05, 3.63) is 35.4 Å². The molecule has 0 unspecified atom stereocenters. The molecule has 0 bridgehead atoms. The van der Waals surface area contributed by atoms with Gasteiger partial charge >= 0.3 is 5.97 Å². The van der Waals surface area contributed by atoms with Crippen LogP contribution < -0.4 is 4.74 Å². The second-order valence-electron chi connectivity index (χ2n) is 3.26. The summed E-state index contributed by atoms with van der Waals surface area (Å²) in [4.78, 5) is 11.1. The van der Waals surface area contributed by atoms with E-state index in [1.54, 1.807) is 20.1 Å². The average Bonchev–Trinajstić information content (AvgIpc) is 2.28. The minimum Gasteiger partial charge on any atom is -0.496 e. The molecule has 0 saturated carbocycles. The third-order valence-electron chi connectivity index (χ3n) is 2.23. The predicted octanol–water partition coefficient (Wildman–Crippen LogP) is 2.58. The summed E-state index contributed by atoms with van der Waals surface area (Å²) in [5, 5.41) is 0. The number of carbonyl (C=O) groups is 1. The van der Waals surface area contributed by atoms with Crippen molar-refractivity contribution in [2.24, 2.45) is 0 Å². The summed E-state index contributed by atoms with van der Waals surface area (Å²) < 4.78 is 9.99. The molecule has 0 aromatic heterocycles. The number of rotatable bonds is 4. The van der Waals surface area contributed by atoms with Crippen molar-refractivity contribution >= 4 is 12.0 Å². The molecule has 0 aliphatic heterocycles. The Kier molecular flexibility index (Phi) is 4.58. The molecule has 1 aromatic carbocycles. The van der Waals surface area contributed by atoms with Crippen molar-refractivity contribution < 1.29 is 14.3 Å². The van der Waals surface area contributed by atoms with Crippen LogP contribution >= 0.6 is 0 Å². The van der Waals surface area contributed by atoms with Gasteiger partial charge in [0.25, 0.3) is 0 Å². The van der Waals surface area contributed by atoms with E-state index in [0.717, 1.165) is 16.9 Å². The zero-order valence-corrected chi connectivity index (χ0v) is 9.82. The SMILES string of the molecule is CCOC(=O)/C=C/c1cccc(OC)c1C. The van der Waals surface area contributed by atoms with Gasteiger partial charge in [0.05, 0.1) is 13.7 Å². The van der Waals surface area contributed by atoms with Gasteiger partial charge in [-0.3, -0.25) is 0 Å². The fraction of sp³-hybridized carbons (Fsp3) is 0.308. The first-order valence-corrected chi connectivity index (χ1v) is 5.17. The number of hydrogen-bond donors (Lipinski definition) is 0. The third kappa shape index (κ3) is 3.12. The zero-order chi connectivity index (χ0) is 12.0. The van der Waals surface area contributed by atoms with E-state index in [1.807, 2.05) is 25.1 Å². The Morgan fingerprint density at radius 2 is 2.19 bits per heavy atom. The molecule has 3 heteroatoms. The maximum Gasteiger partial charge on any atom is 0.330 e. The third-order valence-corrected chi connectivity index (χ3v) is 2.23. The largest absolute Gasteiger partial charge is 0.496 e. The van der Waals surface area contributed by atoms with Crippen molar-refractivity contribution in [3.63, 3.8) is 0 Å². The Labute approximate surface area is 95.7 Å². The van der Waals surface area contributed by atoms with Crippen molar-refractivity contribution in [2.45, 2.75) is 13.8 Å². The predicted molar refractivity (Wildman–Crippen MR) is 63.4 cm³/mol. The van der Waals surface area contributed by atoms with Crippen LogP contribution in [0.2, 0.25) is 0 Å². The Morgan fingerprint density at radius 1 is 1.44 bits per heavy atom. The number of carbonyl (C=O) groups excluding carboxylic acids is 1. The van der Waals surface area contributed by atoms with E-state index in [2.05, 4.69) is 0 Å².